The van der Waals surface area contributed by atoms with Crippen LogP contribution in [0.3, 0.4) is 0 Å². The average Bonchev–Trinajstić information content (AvgIpc) is 2.07. The fourth-order valence-corrected chi connectivity index (χ4v) is 0.642. The van der Waals surface area contributed by atoms with E-state index in [1.54, 1.807) is 0 Å². The van der Waals surface area contributed by atoms with E-state index in [2.05, 4.69) is 5.16 Å². The molecule has 0 saturated carbocycles. The van der Waals surface area contributed by atoms with Crippen LogP contribution in [0.4, 0.5) is 0 Å². The Morgan fingerprint density at radius 1 is 1.50 bits per heavy atom. The molecular formula is C8H15NO3. The molecule has 0 amide bonds. The summed E-state index contributed by atoms with van der Waals surface area (Å²) in [5.74, 6) is -0.243. The third-order valence-corrected chi connectivity index (χ3v) is 1.40. The lowest BCUT2D eigenvalue weighted by Crippen LogP contribution is -2.12. The van der Waals surface area contributed by atoms with E-state index in [-0.39, 0.29) is 12.6 Å². The molecule has 0 rings (SSSR count). The van der Waals surface area contributed by atoms with Crippen LogP contribution in [0, 0.1) is 0 Å². The van der Waals surface area contributed by atoms with E-state index in [9.17, 15) is 4.79 Å². The lowest BCUT2D eigenvalue weighted by Gasteiger charge is -2.02. The van der Waals surface area contributed by atoms with Crippen molar-refractivity contribution in [1.82, 2.24) is 0 Å². The highest BCUT2D eigenvalue weighted by Gasteiger charge is 2.03. The predicted molar refractivity (Wildman–Crippen MR) is 45.4 cm³/mol. The first kappa shape index (κ1) is 10.9. The van der Waals surface area contributed by atoms with Crippen molar-refractivity contribution in [1.29, 1.82) is 0 Å². The number of ether oxygens (including phenoxy) is 1. The summed E-state index contributed by atoms with van der Waals surface area (Å²) in [6.07, 6.45) is 1.79. The summed E-state index contributed by atoms with van der Waals surface area (Å²) >= 11 is 0. The number of nitrogens with zero attached hydrogens (tertiary/aromatic N) is 1. The van der Waals surface area contributed by atoms with Crippen LogP contribution in [-0.4, -0.2) is 23.5 Å². The SMILES string of the molecule is CCCC(=O)OC/C(CC)=N\O. The lowest BCUT2D eigenvalue weighted by molar-refractivity contribution is -0.142. The van der Waals surface area contributed by atoms with Gasteiger partial charge < -0.3 is 9.94 Å². The Kier molecular flexibility index (Phi) is 6.05. The fraction of sp³-hybridized carbons (Fsp3) is 0.750. The van der Waals surface area contributed by atoms with Gasteiger partial charge in [0.05, 0.1) is 5.71 Å². The van der Waals surface area contributed by atoms with E-state index in [4.69, 9.17) is 9.94 Å². The molecule has 0 heterocycles. The van der Waals surface area contributed by atoms with Crippen LogP contribution in [0.25, 0.3) is 0 Å². The number of rotatable bonds is 5. The van der Waals surface area contributed by atoms with Gasteiger partial charge in [-0.05, 0) is 12.8 Å². The molecule has 0 aliphatic rings. The second-order valence-electron chi connectivity index (χ2n) is 2.43. The maximum Gasteiger partial charge on any atom is 0.306 e. The van der Waals surface area contributed by atoms with Gasteiger partial charge in [0.15, 0.2) is 0 Å². The monoisotopic (exact) mass is 173 g/mol. The predicted octanol–water partition coefficient (Wildman–Crippen LogP) is 1.57. The minimum Gasteiger partial charge on any atom is -0.459 e. The van der Waals surface area contributed by atoms with Crippen molar-refractivity contribution in [2.45, 2.75) is 33.1 Å². The molecule has 0 unspecified atom stereocenters. The Morgan fingerprint density at radius 2 is 2.17 bits per heavy atom. The van der Waals surface area contributed by atoms with Crippen LogP contribution in [0.1, 0.15) is 33.1 Å². The van der Waals surface area contributed by atoms with Gasteiger partial charge in [0.2, 0.25) is 0 Å². The fourth-order valence-electron chi connectivity index (χ4n) is 0.642. The zero-order chi connectivity index (χ0) is 9.40. The number of hydrogen-bond acceptors (Lipinski definition) is 4. The second-order valence-corrected chi connectivity index (χ2v) is 2.43. The first-order valence-electron chi connectivity index (χ1n) is 4.10. The van der Waals surface area contributed by atoms with Gasteiger partial charge in [-0.1, -0.05) is 19.0 Å². The summed E-state index contributed by atoms with van der Waals surface area (Å²) in [7, 11) is 0. The molecule has 4 nitrogen and oxygen atoms in total. The molecule has 0 aliphatic heterocycles. The summed E-state index contributed by atoms with van der Waals surface area (Å²) in [6, 6.07) is 0. The maximum absolute atomic E-state index is 10.8. The highest BCUT2D eigenvalue weighted by Crippen LogP contribution is 1.93. The first-order chi connectivity index (χ1) is 5.74. The molecule has 1 N–H and O–H groups in total. The van der Waals surface area contributed by atoms with E-state index >= 15 is 0 Å². The molecule has 4 heteroatoms. The van der Waals surface area contributed by atoms with Crippen molar-refractivity contribution in [3.8, 4) is 0 Å². The highest BCUT2D eigenvalue weighted by molar-refractivity contribution is 5.86. The molecule has 0 radical (unpaired) electrons. The summed E-state index contributed by atoms with van der Waals surface area (Å²) < 4.78 is 4.80. The minimum atomic E-state index is -0.243. The molecule has 0 aromatic heterocycles. The Bertz CT molecular complexity index is 166. The largest absolute Gasteiger partial charge is 0.459 e. The van der Waals surface area contributed by atoms with Crippen LogP contribution < -0.4 is 0 Å². The van der Waals surface area contributed by atoms with Crippen molar-refractivity contribution in [2.75, 3.05) is 6.61 Å². The van der Waals surface area contributed by atoms with Gasteiger partial charge in [-0.2, -0.15) is 0 Å². The van der Waals surface area contributed by atoms with Crippen molar-refractivity contribution >= 4 is 11.7 Å². The molecule has 0 aromatic carbocycles. The Hall–Kier alpha value is -1.06. The lowest BCUT2D eigenvalue weighted by atomic mass is 10.3. The molecular weight excluding hydrogens is 158 g/mol. The Morgan fingerprint density at radius 3 is 2.58 bits per heavy atom. The number of hydrogen-bond donors (Lipinski definition) is 1. The average molecular weight is 173 g/mol. The normalized spacial score (nSPS) is 11.3. The summed E-state index contributed by atoms with van der Waals surface area (Å²) in [5.41, 5.74) is 0.486. The van der Waals surface area contributed by atoms with Crippen LogP contribution >= 0.6 is 0 Å². The third kappa shape index (κ3) is 4.71. The molecule has 0 atom stereocenters. The Balaban J connectivity index is 3.59. The first-order valence-corrected chi connectivity index (χ1v) is 4.10. The van der Waals surface area contributed by atoms with Crippen LogP contribution in [0.2, 0.25) is 0 Å². The van der Waals surface area contributed by atoms with Gasteiger partial charge in [0, 0.05) is 6.42 Å². The maximum atomic E-state index is 10.8. The number of esters is 1. The topological polar surface area (TPSA) is 58.9 Å². The summed E-state index contributed by atoms with van der Waals surface area (Å²) in [4.78, 5) is 10.8. The van der Waals surface area contributed by atoms with Crippen molar-refractivity contribution in [2.24, 2.45) is 5.16 Å². The van der Waals surface area contributed by atoms with Gasteiger partial charge >= 0.3 is 5.97 Å². The summed E-state index contributed by atoms with van der Waals surface area (Å²) in [6.45, 7) is 3.84. The molecule has 0 spiro atoms. The van der Waals surface area contributed by atoms with Crippen molar-refractivity contribution < 1.29 is 14.7 Å². The van der Waals surface area contributed by atoms with Crippen LogP contribution in [0.5, 0.6) is 0 Å². The smallest absolute Gasteiger partial charge is 0.306 e. The molecule has 12 heavy (non-hydrogen) atoms. The van der Waals surface area contributed by atoms with Gasteiger partial charge in [0.25, 0.3) is 0 Å². The number of carbonyl (C=O) groups excluding carboxylic acids is 1. The summed E-state index contributed by atoms with van der Waals surface area (Å²) in [5, 5.41) is 11.3. The number of oxime groups is 1. The Labute approximate surface area is 72.2 Å². The van der Waals surface area contributed by atoms with Gasteiger partial charge in [-0.3, -0.25) is 4.79 Å². The molecule has 0 saturated heterocycles. The minimum absolute atomic E-state index is 0.103. The zero-order valence-corrected chi connectivity index (χ0v) is 7.54. The van der Waals surface area contributed by atoms with Crippen molar-refractivity contribution in [3.05, 3.63) is 0 Å². The van der Waals surface area contributed by atoms with Gasteiger partial charge in [-0.25, -0.2) is 0 Å². The molecule has 70 valence electrons. The van der Waals surface area contributed by atoms with E-state index in [0.717, 1.165) is 6.42 Å². The van der Waals surface area contributed by atoms with E-state index < -0.39 is 0 Å². The third-order valence-electron chi connectivity index (χ3n) is 1.40. The standard InChI is InChI=1S/C8H15NO3/c1-3-5-8(10)12-6-7(4-2)9-11/h11H,3-6H2,1-2H3/b9-7-. The van der Waals surface area contributed by atoms with E-state index in [1.165, 1.54) is 0 Å². The van der Waals surface area contributed by atoms with Crippen molar-refractivity contribution in [3.63, 3.8) is 0 Å². The van der Waals surface area contributed by atoms with E-state index in [1.807, 2.05) is 13.8 Å². The molecule has 0 bridgehead atoms. The molecule has 0 aliphatic carbocycles. The van der Waals surface area contributed by atoms with Gasteiger partial charge in [0.1, 0.15) is 6.61 Å². The second kappa shape index (κ2) is 6.64. The van der Waals surface area contributed by atoms with Gasteiger partial charge in [-0.15, -0.1) is 0 Å². The zero-order valence-electron chi connectivity index (χ0n) is 7.54. The van der Waals surface area contributed by atoms with Crippen LogP contribution in [-0.2, 0) is 9.53 Å². The van der Waals surface area contributed by atoms with E-state index in [0.29, 0.717) is 18.6 Å². The quantitative estimate of drug-likeness (QED) is 0.297. The van der Waals surface area contributed by atoms with Crippen LogP contribution in [0.15, 0.2) is 5.16 Å². The molecule has 0 aromatic rings. The highest BCUT2D eigenvalue weighted by atomic mass is 16.5. The number of carbonyl (C=O) groups is 1. The molecule has 0 fully saturated rings.